The number of aliphatic hydroxyl groups excluding tert-OH is 1. The van der Waals surface area contributed by atoms with E-state index in [1.54, 1.807) is 0 Å². The van der Waals surface area contributed by atoms with Crippen molar-refractivity contribution in [2.45, 2.75) is 296 Å². The zero-order chi connectivity index (χ0) is 47.1. The van der Waals surface area contributed by atoms with Crippen LogP contribution >= 0.6 is 7.82 Å². The van der Waals surface area contributed by atoms with E-state index >= 15 is 0 Å². The number of hydrogen-bond donors (Lipinski definition) is 2. The number of rotatable bonds is 52. The average molecular weight is 927 g/mol. The van der Waals surface area contributed by atoms with Crippen LogP contribution in [0.25, 0.3) is 0 Å². The van der Waals surface area contributed by atoms with Gasteiger partial charge in [0.05, 0.1) is 39.9 Å². The molecule has 0 rings (SSSR count). The van der Waals surface area contributed by atoms with Gasteiger partial charge in [0.15, 0.2) is 0 Å². The van der Waals surface area contributed by atoms with Crippen molar-refractivity contribution in [1.29, 1.82) is 0 Å². The molecule has 0 aliphatic carbocycles. The zero-order valence-corrected chi connectivity index (χ0v) is 44.4. The second kappa shape index (κ2) is 47.3. The number of phosphoric ester groups is 1. The van der Waals surface area contributed by atoms with Crippen molar-refractivity contribution in [3.63, 3.8) is 0 Å². The lowest BCUT2D eigenvalue weighted by Crippen LogP contribution is -2.46. The fourth-order valence-electron chi connectivity index (χ4n) is 8.57. The van der Waals surface area contributed by atoms with Crippen molar-refractivity contribution in [1.82, 2.24) is 5.32 Å². The van der Waals surface area contributed by atoms with Crippen LogP contribution in [-0.2, 0) is 18.4 Å². The van der Waals surface area contributed by atoms with Crippen molar-refractivity contribution < 1.29 is 32.9 Å². The van der Waals surface area contributed by atoms with Gasteiger partial charge in [-0.1, -0.05) is 251 Å². The van der Waals surface area contributed by atoms with Gasteiger partial charge in [-0.2, -0.15) is 0 Å². The highest BCUT2D eigenvalue weighted by atomic mass is 31.2. The van der Waals surface area contributed by atoms with E-state index in [1.807, 2.05) is 21.1 Å². The summed E-state index contributed by atoms with van der Waals surface area (Å²) in [7, 11) is 1.31. The molecule has 0 aliphatic heterocycles. The van der Waals surface area contributed by atoms with E-state index in [0.717, 1.165) is 51.4 Å². The number of unbranched alkanes of at least 4 members (excludes halogenated alkanes) is 37. The Bertz CT molecular complexity index is 1050. The molecule has 0 radical (unpaired) electrons. The Kier molecular flexibility index (Phi) is 46.8. The Morgan fingerprint density at radius 1 is 0.531 bits per heavy atom. The first-order valence-corrected chi connectivity index (χ1v) is 29.5. The number of likely N-dealkylation sites (N-methyl/N-ethyl adjacent to an activating group) is 1. The molecule has 0 aromatic heterocycles. The maximum atomic E-state index is 12.9. The molecule has 0 saturated heterocycles. The third-order valence-corrected chi connectivity index (χ3v) is 14.0. The standard InChI is InChI=1S/C55H111N2O6P/c1-6-8-10-12-14-16-18-20-22-23-24-25-26-27-28-29-30-31-32-33-34-35-36-38-40-42-44-46-48-54(58)53(52-63-64(60,61)62-51-50-57(3,4)5)56-55(59)49-47-45-43-41-39-37-21-19-17-15-13-11-9-7-2/h19,21,53-54,58H,6-18,20,22-52H2,1-5H3,(H-,56,59,60,61)/b21-19-. The van der Waals surface area contributed by atoms with E-state index in [4.69, 9.17) is 9.05 Å². The van der Waals surface area contributed by atoms with Gasteiger partial charge in [-0.05, 0) is 38.5 Å². The van der Waals surface area contributed by atoms with E-state index in [-0.39, 0.29) is 19.1 Å². The number of carbonyl (C=O) groups is 1. The summed E-state index contributed by atoms with van der Waals surface area (Å²) >= 11 is 0. The van der Waals surface area contributed by atoms with E-state index in [1.165, 1.54) is 205 Å². The summed E-state index contributed by atoms with van der Waals surface area (Å²) in [5, 5.41) is 14.0. The second-order valence-electron chi connectivity index (χ2n) is 20.6. The van der Waals surface area contributed by atoms with Gasteiger partial charge in [-0.25, -0.2) is 0 Å². The molecule has 64 heavy (non-hydrogen) atoms. The summed E-state index contributed by atoms with van der Waals surface area (Å²) in [4.78, 5) is 25.4. The van der Waals surface area contributed by atoms with Crippen molar-refractivity contribution in [2.75, 3.05) is 40.9 Å². The maximum Gasteiger partial charge on any atom is 0.268 e. The Hall–Kier alpha value is -0.760. The Morgan fingerprint density at radius 2 is 0.859 bits per heavy atom. The number of nitrogens with one attached hydrogen (secondary N) is 1. The molecule has 3 atom stereocenters. The molecular formula is C55H111N2O6P. The molecule has 0 spiro atoms. The molecule has 0 bridgehead atoms. The van der Waals surface area contributed by atoms with Gasteiger partial charge in [0.25, 0.3) is 7.82 Å². The van der Waals surface area contributed by atoms with Crippen LogP contribution in [-0.4, -0.2) is 68.5 Å². The molecule has 0 aromatic carbocycles. The highest BCUT2D eigenvalue weighted by Gasteiger charge is 2.24. The summed E-state index contributed by atoms with van der Waals surface area (Å²) in [6.07, 6.45) is 56.8. The number of hydrogen-bond acceptors (Lipinski definition) is 6. The van der Waals surface area contributed by atoms with Crippen LogP contribution in [0.5, 0.6) is 0 Å². The molecule has 3 unspecified atom stereocenters. The van der Waals surface area contributed by atoms with Gasteiger partial charge in [0, 0.05) is 6.42 Å². The molecule has 2 N–H and O–H groups in total. The van der Waals surface area contributed by atoms with Crippen LogP contribution < -0.4 is 10.2 Å². The Morgan fingerprint density at radius 3 is 1.22 bits per heavy atom. The molecule has 0 aromatic rings. The number of nitrogens with zero attached hydrogens (tertiary/aromatic N) is 1. The van der Waals surface area contributed by atoms with Crippen molar-refractivity contribution in [3.8, 4) is 0 Å². The van der Waals surface area contributed by atoms with Crippen molar-refractivity contribution in [3.05, 3.63) is 12.2 Å². The molecule has 0 fully saturated rings. The second-order valence-corrected chi connectivity index (χ2v) is 22.1. The normalized spacial score (nSPS) is 14.0. The summed E-state index contributed by atoms with van der Waals surface area (Å²) in [5.74, 6) is -0.170. The molecular weight excluding hydrogens is 816 g/mol. The van der Waals surface area contributed by atoms with Crippen LogP contribution in [0.4, 0.5) is 0 Å². The minimum Gasteiger partial charge on any atom is -0.756 e. The number of aliphatic hydroxyl groups is 1. The monoisotopic (exact) mass is 927 g/mol. The highest BCUT2D eigenvalue weighted by Crippen LogP contribution is 2.38. The maximum absolute atomic E-state index is 12.9. The summed E-state index contributed by atoms with van der Waals surface area (Å²) < 4.78 is 23.4. The molecule has 1 amide bonds. The Balaban J connectivity index is 4.07. The minimum atomic E-state index is -4.57. The number of amides is 1. The first kappa shape index (κ1) is 63.2. The average Bonchev–Trinajstić information content (AvgIpc) is 3.25. The van der Waals surface area contributed by atoms with Gasteiger partial charge < -0.3 is 28.8 Å². The summed E-state index contributed by atoms with van der Waals surface area (Å²) in [6.45, 7) is 4.74. The topological polar surface area (TPSA) is 108 Å². The third-order valence-electron chi connectivity index (χ3n) is 13.0. The van der Waals surface area contributed by atoms with E-state index in [9.17, 15) is 19.4 Å². The number of allylic oxidation sites excluding steroid dienone is 2. The van der Waals surface area contributed by atoms with Gasteiger partial charge in [0.1, 0.15) is 13.2 Å². The fraction of sp³-hybridized carbons (Fsp3) is 0.945. The largest absolute Gasteiger partial charge is 0.756 e. The molecule has 8 nitrogen and oxygen atoms in total. The van der Waals surface area contributed by atoms with Crippen LogP contribution in [0.2, 0.25) is 0 Å². The molecule has 9 heteroatoms. The third kappa shape index (κ3) is 49.2. The lowest BCUT2D eigenvalue weighted by Gasteiger charge is -2.30. The molecule has 0 saturated carbocycles. The van der Waals surface area contributed by atoms with Gasteiger partial charge in [-0.3, -0.25) is 9.36 Å². The smallest absolute Gasteiger partial charge is 0.268 e. The Labute approximate surface area is 399 Å². The molecule has 0 heterocycles. The van der Waals surface area contributed by atoms with Gasteiger partial charge in [-0.15, -0.1) is 0 Å². The molecule has 382 valence electrons. The quantitative estimate of drug-likeness (QED) is 0.0272. The van der Waals surface area contributed by atoms with Crippen LogP contribution in [0.3, 0.4) is 0 Å². The number of phosphoric acid groups is 1. The first-order chi connectivity index (χ1) is 31.0. The number of quaternary nitrogens is 1. The predicted octanol–water partition coefficient (Wildman–Crippen LogP) is 16.0. The van der Waals surface area contributed by atoms with Crippen LogP contribution in [0, 0.1) is 0 Å². The van der Waals surface area contributed by atoms with Gasteiger partial charge >= 0.3 is 0 Å². The highest BCUT2D eigenvalue weighted by molar-refractivity contribution is 7.45. The fourth-order valence-corrected chi connectivity index (χ4v) is 9.29. The first-order valence-electron chi connectivity index (χ1n) is 28.0. The van der Waals surface area contributed by atoms with E-state index < -0.39 is 20.0 Å². The molecule has 0 aliphatic rings. The zero-order valence-electron chi connectivity index (χ0n) is 43.5. The van der Waals surface area contributed by atoms with Crippen LogP contribution in [0.15, 0.2) is 12.2 Å². The lowest BCUT2D eigenvalue weighted by molar-refractivity contribution is -0.870. The number of carbonyl (C=O) groups excluding carboxylic acids is 1. The minimum absolute atomic E-state index is 0.0128. The van der Waals surface area contributed by atoms with Crippen molar-refractivity contribution in [2.24, 2.45) is 0 Å². The van der Waals surface area contributed by atoms with Crippen molar-refractivity contribution >= 4 is 13.7 Å². The van der Waals surface area contributed by atoms with Crippen LogP contribution in [0.1, 0.15) is 284 Å². The summed E-state index contributed by atoms with van der Waals surface area (Å²) in [5.41, 5.74) is 0. The lowest BCUT2D eigenvalue weighted by atomic mass is 10.0. The predicted molar refractivity (Wildman–Crippen MR) is 275 cm³/mol. The SMILES string of the molecule is CCCCCCC/C=C\CCCCCCCC(=O)NC(COP(=O)([O-])OCC[N+](C)(C)C)C(O)CCCCCCCCCCCCCCCCCCCCCCCCCCCCCC. The summed E-state index contributed by atoms with van der Waals surface area (Å²) in [6, 6.07) is -0.802. The van der Waals surface area contributed by atoms with Gasteiger partial charge in [0.2, 0.25) is 5.91 Å². The van der Waals surface area contributed by atoms with E-state index in [2.05, 4.69) is 31.3 Å². The van der Waals surface area contributed by atoms with E-state index in [0.29, 0.717) is 23.9 Å².